The van der Waals surface area contributed by atoms with Crippen LogP contribution in [-0.4, -0.2) is 37.2 Å². The van der Waals surface area contributed by atoms with E-state index in [9.17, 15) is 9.59 Å². The highest BCUT2D eigenvalue weighted by Gasteiger charge is 2.28. The zero-order valence-electron chi connectivity index (χ0n) is 14.7. The molecule has 1 aliphatic rings. The molecular weight excluding hydrogens is 328 g/mol. The van der Waals surface area contributed by atoms with Crippen LogP contribution in [0, 0.1) is 5.92 Å². The summed E-state index contributed by atoms with van der Waals surface area (Å²) in [5.41, 5.74) is 26.3. The minimum absolute atomic E-state index is 0.222. The number of hydrazine groups is 1. The van der Waals surface area contributed by atoms with Crippen molar-refractivity contribution in [2.24, 2.45) is 28.9 Å². The van der Waals surface area contributed by atoms with E-state index >= 15 is 0 Å². The van der Waals surface area contributed by atoms with Crippen LogP contribution in [0.1, 0.15) is 51.4 Å². The second kappa shape index (κ2) is 11.1. The van der Waals surface area contributed by atoms with Crippen LogP contribution in [0.4, 0.5) is 9.59 Å². The monoisotopic (exact) mass is 360 g/mol. The van der Waals surface area contributed by atoms with E-state index in [2.05, 4.69) is 10.9 Å². The fourth-order valence-electron chi connectivity index (χ4n) is 2.61. The third kappa shape index (κ3) is 10.1. The largest absolute Gasteiger partial charge is 0.448 e. The van der Waals surface area contributed by atoms with E-state index in [0.29, 0.717) is 25.8 Å². The van der Waals surface area contributed by atoms with Crippen molar-refractivity contribution >= 4 is 12.2 Å². The molecule has 2 amide bonds. The fraction of sp³-hybridized carbons (Fsp3) is 0.867. The Kier molecular flexibility index (Phi) is 9.50. The molecule has 0 spiro atoms. The molecular formula is C15H32N6O4. The van der Waals surface area contributed by atoms with Crippen molar-refractivity contribution in [3.63, 3.8) is 0 Å². The summed E-state index contributed by atoms with van der Waals surface area (Å²) in [5.74, 6) is 0.222. The molecule has 10 N–H and O–H groups in total. The van der Waals surface area contributed by atoms with Crippen LogP contribution in [0.15, 0.2) is 0 Å². The van der Waals surface area contributed by atoms with Crippen LogP contribution >= 0.6 is 0 Å². The quantitative estimate of drug-likeness (QED) is 0.198. The second-order valence-electron chi connectivity index (χ2n) is 6.61. The Hall–Kier alpha value is -1.62. The molecule has 10 nitrogen and oxygen atoms in total. The van der Waals surface area contributed by atoms with Crippen LogP contribution in [0.3, 0.4) is 0 Å². The molecule has 1 atom stereocenters. The van der Waals surface area contributed by atoms with Crippen LogP contribution < -0.4 is 33.8 Å². The summed E-state index contributed by atoms with van der Waals surface area (Å²) >= 11 is 0. The molecule has 0 heterocycles. The SMILES string of the molecule is NCCCCCC(N)OC(=O)NNC(=O)OCC1CCC(N)(N)CC1. The molecule has 1 rings (SSSR count). The lowest BCUT2D eigenvalue weighted by Gasteiger charge is -2.33. The number of unbranched alkanes of at least 4 members (excludes halogenated alkanes) is 2. The number of hydrogen-bond acceptors (Lipinski definition) is 8. The molecule has 10 heteroatoms. The third-order valence-corrected chi connectivity index (χ3v) is 4.20. The lowest BCUT2D eigenvalue weighted by molar-refractivity contribution is 0.0815. The van der Waals surface area contributed by atoms with Crippen molar-refractivity contribution in [2.45, 2.75) is 63.3 Å². The molecule has 0 aliphatic heterocycles. The second-order valence-corrected chi connectivity index (χ2v) is 6.61. The predicted molar refractivity (Wildman–Crippen MR) is 92.7 cm³/mol. The Morgan fingerprint density at radius 2 is 1.72 bits per heavy atom. The van der Waals surface area contributed by atoms with Gasteiger partial charge in [-0.15, -0.1) is 0 Å². The summed E-state index contributed by atoms with van der Waals surface area (Å²) in [5, 5.41) is 0. The minimum atomic E-state index is -0.836. The maximum atomic E-state index is 11.6. The van der Waals surface area contributed by atoms with E-state index in [-0.39, 0.29) is 12.5 Å². The first-order chi connectivity index (χ1) is 11.8. The van der Waals surface area contributed by atoms with Gasteiger partial charge in [0.15, 0.2) is 6.23 Å². The summed E-state index contributed by atoms with van der Waals surface area (Å²) in [4.78, 5) is 23.0. The molecule has 1 fully saturated rings. The summed E-state index contributed by atoms with van der Waals surface area (Å²) in [7, 11) is 0. The molecule has 1 aliphatic carbocycles. The molecule has 0 aromatic carbocycles. The number of nitrogens with one attached hydrogen (secondary N) is 2. The van der Waals surface area contributed by atoms with Crippen LogP contribution in [0.5, 0.6) is 0 Å². The maximum Gasteiger partial charge on any atom is 0.427 e. The fourth-order valence-corrected chi connectivity index (χ4v) is 2.61. The lowest BCUT2D eigenvalue weighted by atomic mass is 9.83. The first-order valence-electron chi connectivity index (χ1n) is 8.75. The topological polar surface area (TPSA) is 181 Å². The Morgan fingerprint density at radius 1 is 1.08 bits per heavy atom. The molecule has 1 unspecified atom stereocenters. The van der Waals surface area contributed by atoms with E-state index in [0.717, 1.165) is 32.1 Å². The number of amides is 2. The zero-order chi connectivity index (χ0) is 18.7. The van der Waals surface area contributed by atoms with E-state index < -0.39 is 24.1 Å². The average molecular weight is 360 g/mol. The van der Waals surface area contributed by atoms with Gasteiger partial charge in [0, 0.05) is 0 Å². The van der Waals surface area contributed by atoms with Gasteiger partial charge >= 0.3 is 12.2 Å². The van der Waals surface area contributed by atoms with Gasteiger partial charge in [0.2, 0.25) is 0 Å². The molecule has 0 bridgehead atoms. The van der Waals surface area contributed by atoms with Gasteiger partial charge in [0.1, 0.15) is 0 Å². The standard InChI is InChI=1S/C15H32N6O4/c16-9-3-1-2-4-12(17)25-14(23)21-20-13(22)24-10-11-5-7-15(18,19)8-6-11/h11-12H,1-10,16-19H2,(H,20,22)(H,21,23). The average Bonchev–Trinajstić information content (AvgIpc) is 2.56. The van der Waals surface area contributed by atoms with Crippen molar-refractivity contribution in [3.05, 3.63) is 0 Å². The first kappa shape index (κ1) is 21.4. The van der Waals surface area contributed by atoms with Crippen LogP contribution in [0.25, 0.3) is 0 Å². The van der Waals surface area contributed by atoms with Crippen molar-refractivity contribution < 1.29 is 19.1 Å². The van der Waals surface area contributed by atoms with E-state index in [1.807, 2.05) is 0 Å². The van der Waals surface area contributed by atoms with Crippen molar-refractivity contribution in [3.8, 4) is 0 Å². The molecule has 146 valence electrons. The van der Waals surface area contributed by atoms with Gasteiger partial charge in [0.25, 0.3) is 0 Å². The highest BCUT2D eigenvalue weighted by molar-refractivity contribution is 5.73. The Bertz CT molecular complexity index is 411. The number of ether oxygens (including phenoxy) is 2. The summed E-state index contributed by atoms with van der Waals surface area (Å²) < 4.78 is 9.95. The number of nitrogens with two attached hydrogens (primary N) is 4. The molecule has 0 radical (unpaired) electrons. The summed E-state index contributed by atoms with van der Waals surface area (Å²) in [6.45, 7) is 0.877. The normalized spacial score (nSPS) is 18.2. The number of rotatable bonds is 8. The van der Waals surface area contributed by atoms with Crippen molar-refractivity contribution in [2.75, 3.05) is 13.2 Å². The Balaban J connectivity index is 2.08. The smallest absolute Gasteiger partial charge is 0.427 e. The third-order valence-electron chi connectivity index (χ3n) is 4.20. The van der Waals surface area contributed by atoms with Crippen molar-refractivity contribution in [1.82, 2.24) is 10.9 Å². The van der Waals surface area contributed by atoms with Gasteiger partial charge in [-0.3, -0.25) is 5.73 Å². The molecule has 0 aromatic heterocycles. The summed E-state index contributed by atoms with van der Waals surface area (Å²) in [6, 6.07) is 0. The van der Waals surface area contributed by atoms with Crippen LogP contribution in [-0.2, 0) is 9.47 Å². The van der Waals surface area contributed by atoms with Crippen LogP contribution in [0.2, 0.25) is 0 Å². The van der Waals surface area contributed by atoms with Gasteiger partial charge in [0.05, 0.1) is 12.3 Å². The number of carbonyl (C=O) groups excluding carboxylic acids is 2. The highest BCUT2D eigenvalue weighted by Crippen LogP contribution is 2.27. The highest BCUT2D eigenvalue weighted by atomic mass is 16.6. The Morgan fingerprint density at radius 3 is 2.36 bits per heavy atom. The van der Waals surface area contributed by atoms with E-state index in [4.69, 9.17) is 32.4 Å². The van der Waals surface area contributed by atoms with Gasteiger partial charge in [-0.25, -0.2) is 20.4 Å². The van der Waals surface area contributed by atoms with Crippen molar-refractivity contribution in [1.29, 1.82) is 0 Å². The first-order valence-corrected chi connectivity index (χ1v) is 8.75. The maximum absolute atomic E-state index is 11.6. The number of hydrogen-bond donors (Lipinski definition) is 6. The van der Waals surface area contributed by atoms with Gasteiger partial charge < -0.3 is 26.7 Å². The number of carbonyl (C=O) groups is 2. The van der Waals surface area contributed by atoms with E-state index in [1.165, 1.54) is 0 Å². The zero-order valence-corrected chi connectivity index (χ0v) is 14.7. The lowest BCUT2D eigenvalue weighted by Crippen LogP contribution is -2.52. The summed E-state index contributed by atoms with van der Waals surface area (Å²) in [6.07, 6.45) is 3.84. The Labute approximate surface area is 148 Å². The molecule has 0 aromatic rings. The molecule has 0 saturated heterocycles. The van der Waals surface area contributed by atoms with Gasteiger partial charge in [-0.05, 0) is 57.4 Å². The molecule has 1 saturated carbocycles. The van der Waals surface area contributed by atoms with E-state index in [1.54, 1.807) is 0 Å². The van der Waals surface area contributed by atoms with Gasteiger partial charge in [-0.2, -0.15) is 0 Å². The molecule has 25 heavy (non-hydrogen) atoms. The minimum Gasteiger partial charge on any atom is -0.448 e. The predicted octanol–water partition coefficient (Wildman–Crippen LogP) is -0.0384. The van der Waals surface area contributed by atoms with Gasteiger partial charge in [-0.1, -0.05) is 6.42 Å².